The summed E-state index contributed by atoms with van der Waals surface area (Å²) in [4.78, 5) is 12.8. The molecule has 0 saturated heterocycles. The number of allylic oxidation sites excluding steroid dienone is 1. The summed E-state index contributed by atoms with van der Waals surface area (Å²) >= 11 is 4.35. The van der Waals surface area contributed by atoms with Gasteiger partial charge in [0.1, 0.15) is 0 Å². The molecular weight excluding hydrogens is 479 g/mol. The number of oxime groups is 1. The quantitative estimate of drug-likeness (QED) is 0.0874. The summed E-state index contributed by atoms with van der Waals surface area (Å²) in [6, 6.07) is 17.0. The van der Waals surface area contributed by atoms with Gasteiger partial charge in [-0.1, -0.05) is 47.6 Å². The summed E-state index contributed by atoms with van der Waals surface area (Å²) < 4.78 is 38.7. The maximum Gasteiger partial charge on any atom is 0.284 e. The molecule has 6 N–H and O–H groups in total. The van der Waals surface area contributed by atoms with Crippen molar-refractivity contribution in [3.05, 3.63) is 83.7 Å². The molecule has 0 fully saturated rings. The van der Waals surface area contributed by atoms with Crippen LogP contribution >= 0.6 is 12.6 Å². The van der Waals surface area contributed by atoms with E-state index in [1.165, 1.54) is 31.2 Å². The average molecular weight is 501 g/mol. The van der Waals surface area contributed by atoms with Crippen molar-refractivity contribution in [3.63, 3.8) is 0 Å². The van der Waals surface area contributed by atoms with E-state index in [0.29, 0.717) is 22.3 Å². The molecule has 0 bridgehead atoms. The van der Waals surface area contributed by atoms with Crippen molar-refractivity contribution in [2.24, 2.45) is 16.0 Å². The van der Waals surface area contributed by atoms with Crippen molar-refractivity contribution in [1.82, 2.24) is 0 Å². The lowest BCUT2D eigenvalue weighted by Gasteiger charge is -2.12. The van der Waals surface area contributed by atoms with E-state index in [1.807, 2.05) is 0 Å². The molecule has 0 atom stereocenters. The van der Waals surface area contributed by atoms with Gasteiger partial charge < -0.3 is 16.3 Å². The number of benzene rings is 3. The molecule has 176 valence electrons. The number of sulfonamides is 1. The topological polar surface area (TPSA) is 148 Å². The van der Waals surface area contributed by atoms with Gasteiger partial charge in [0.05, 0.1) is 10.6 Å². The SMILES string of the molecule is C/C(=C(\F)C(=O)Nc1ccc(-c2ccccc2S(N)(=O)=O)cc1S)c1cccc(/C(N)=N/O)c1. The van der Waals surface area contributed by atoms with Crippen LogP contribution in [0, 0.1) is 0 Å². The van der Waals surface area contributed by atoms with Crippen LogP contribution in [0.15, 0.2) is 87.5 Å². The minimum Gasteiger partial charge on any atom is -0.409 e. The van der Waals surface area contributed by atoms with Crippen molar-refractivity contribution < 1.29 is 22.8 Å². The number of hydrogen-bond donors (Lipinski definition) is 5. The van der Waals surface area contributed by atoms with Gasteiger partial charge in [0.15, 0.2) is 11.7 Å². The third-order valence-corrected chi connectivity index (χ3v) is 6.32. The predicted molar refractivity (Wildman–Crippen MR) is 132 cm³/mol. The highest BCUT2D eigenvalue weighted by atomic mass is 32.2. The number of carbonyl (C=O) groups excluding carboxylic acids is 1. The van der Waals surface area contributed by atoms with Crippen molar-refractivity contribution in [2.45, 2.75) is 16.7 Å². The van der Waals surface area contributed by atoms with Gasteiger partial charge in [-0.25, -0.2) is 17.9 Å². The number of primary sulfonamides is 1. The zero-order valence-corrected chi connectivity index (χ0v) is 19.6. The Labute approximate surface area is 201 Å². The number of nitrogens with zero attached hydrogens (tertiary/aromatic N) is 1. The Morgan fingerprint density at radius 1 is 1.06 bits per heavy atom. The molecule has 3 aromatic rings. The van der Waals surface area contributed by atoms with Gasteiger partial charge in [0, 0.05) is 16.0 Å². The Morgan fingerprint density at radius 3 is 2.38 bits per heavy atom. The van der Waals surface area contributed by atoms with E-state index < -0.39 is 21.8 Å². The van der Waals surface area contributed by atoms with E-state index in [2.05, 4.69) is 23.1 Å². The number of hydrogen-bond acceptors (Lipinski definition) is 6. The second-order valence-corrected chi connectivity index (χ2v) is 9.24. The number of rotatable bonds is 6. The van der Waals surface area contributed by atoms with Crippen LogP contribution in [0.25, 0.3) is 16.7 Å². The van der Waals surface area contributed by atoms with Crippen LogP contribution in [0.5, 0.6) is 0 Å². The molecule has 0 saturated carbocycles. The highest BCUT2D eigenvalue weighted by Gasteiger charge is 2.18. The molecule has 3 aromatic carbocycles. The first-order valence-corrected chi connectivity index (χ1v) is 11.7. The van der Waals surface area contributed by atoms with Crippen LogP contribution < -0.4 is 16.2 Å². The summed E-state index contributed by atoms with van der Waals surface area (Å²) in [6.07, 6.45) is 0. The number of thiol groups is 1. The first-order valence-electron chi connectivity index (χ1n) is 9.74. The van der Waals surface area contributed by atoms with Crippen LogP contribution in [-0.4, -0.2) is 25.4 Å². The summed E-state index contributed by atoms with van der Waals surface area (Å²) in [7, 11) is -3.96. The smallest absolute Gasteiger partial charge is 0.284 e. The molecule has 0 aliphatic rings. The highest BCUT2D eigenvalue weighted by Crippen LogP contribution is 2.32. The molecule has 0 radical (unpaired) electrons. The fraction of sp³-hybridized carbons (Fsp3) is 0.0435. The second kappa shape index (κ2) is 10.1. The van der Waals surface area contributed by atoms with Crippen molar-refractivity contribution in [1.29, 1.82) is 0 Å². The van der Waals surface area contributed by atoms with E-state index in [0.717, 1.165) is 0 Å². The lowest BCUT2D eigenvalue weighted by atomic mass is 10.0. The normalized spacial score (nSPS) is 12.8. The highest BCUT2D eigenvalue weighted by molar-refractivity contribution is 7.89. The minimum absolute atomic E-state index is 0.0458. The average Bonchev–Trinajstić information content (AvgIpc) is 2.83. The van der Waals surface area contributed by atoms with Crippen molar-refractivity contribution in [3.8, 4) is 11.1 Å². The van der Waals surface area contributed by atoms with Crippen molar-refractivity contribution in [2.75, 3.05) is 5.32 Å². The zero-order valence-electron chi connectivity index (χ0n) is 17.9. The van der Waals surface area contributed by atoms with E-state index >= 15 is 0 Å². The van der Waals surface area contributed by atoms with Gasteiger partial charge in [0.2, 0.25) is 10.0 Å². The van der Waals surface area contributed by atoms with Gasteiger partial charge >= 0.3 is 0 Å². The maximum atomic E-state index is 14.9. The number of amidine groups is 1. The summed E-state index contributed by atoms with van der Waals surface area (Å²) in [6.45, 7) is 1.43. The molecule has 0 spiro atoms. The second-order valence-electron chi connectivity index (χ2n) is 7.23. The maximum absolute atomic E-state index is 14.9. The van der Waals surface area contributed by atoms with Crippen LogP contribution in [0.4, 0.5) is 10.1 Å². The third-order valence-electron chi connectivity index (χ3n) is 4.98. The number of nitrogens with two attached hydrogens (primary N) is 2. The van der Waals surface area contributed by atoms with Gasteiger partial charge in [-0.05, 0) is 47.9 Å². The minimum atomic E-state index is -3.96. The molecule has 11 heteroatoms. The van der Waals surface area contributed by atoms with E-state index in [4.69, 9.17) is 16.1 Å². The zero-order chi connectivity index (χ0) is 25.0. The monoisotopic (exact) mass is 500 g/mol. The molecule has 34 heavy (non-hydrogen) atoms. The first-order chi connectivity index (χ1) is 16.0. The summed E-state index contributed by atoms with van der Waals surface area (Å²) in [5, 5.41) is 19.5. The Balaban J connectivity index is 1.89. The van der Waals surface area contributed by atoms with E-state index in [-0.39, 0.29) is 26.9 Å². The Kier molecular flexibility index (Phi) is 7.40. The number of carbonyl (C=O) groups is 1. The number of anilines is 1. The number of nitrogens with one attached hydrogen (secondary N) is 1. The summed E-state index contributed by atoms with van der Waals surface area (Å²) in [5.41, 5.74) is 7.43. The van der Waals surface area contributed by atoms with E-state index in [1.54, 1.807) is 42.5 Å². The van der Waals surface area contributed by atoms with Gasteiger partial charge in [0.25, 0.3) is 5.91 Å². The molecule has 0 heterocycles. The fourth-order valence-corrected chi connectivity index (χ4v) is 4.23. The predicted octanol–water partition coefficient (Wildman–Crippen LogP) is 3.72. The lowest BCUT2D eigenvalue weighted by Crippen LogP contribution is -2.15. The summed E-state index contributed by atoms with van der Waals surface area (Å²) in [5.74, 6) is -2.18. The van der Waals surface area contributed by atoms with Gasteiger partial charge in [-0.3, -0.25) is 4.79 Å². The molecule has 3 rings (SSSR count). The molecule has 0 aromatic heterocycles. The van der Waals surface area contributed by atoms with Gasteiger partial charge in [-0.15, -0.1) is 12.6 Å². The first kappa shape index (κ1) is 25.0. The molecule has 1 amide bonds. The van der Waals surface area contributed by atoms with Crippen LogP contribution in [0.1, 0.15) is 18.1 Å². The van der Waals surface area contributed by atoms with Crippen LogP contribution in [-0.2, 0) is 14.8 Å². The number of halogens is 1. The lowest BCUT2D eigenvalue weighted by molar-refractivity contribution is -0.114. The molecule has 0 unspecified atom stereocenters. The molecule has 8 nitrogen and oxygen atoms in total. The third kappa shape index (κ3) is 5.45. The standard InChI is InChI=1S/C23H21FN4O4S2/c1-13(14-5-4-6-16(11-14)22(25)28-30)21(24)23(29)27-18-10-9-15(12-19(18)33)17-7-2-3-8-20(17)34(26,31)32/h2-12,30,33H,1H3,(H2,25,28)(H,27,29)(H2,26,31,32)/b21-13+. The fourth-order valence-electron chi connectivity index (χ4n) is 3.20. The molecule has 0 aliphatic heterocycles. The van der Waals surface area contributed by atoms with Crippen LogP contribution in [0.3, 0.4) is 0 Å². The van der Waals surface area contributed by atoms with E-state index in [9.17, 15) is 17.6 Å². The van der Waals surface area contributed by atoms with Crippen LogP contribution in [0.2, 0.25) is 0 Å². The Morgan fingerprint density at radius 2 is 1.74 bits per heavy atom. The number of amides is 1. The Bertz CT molecular complexity index is 1440. The Hall–Kier alpha value is -3.67. The van der Waals surface area contributed by atoms with Crippen molar-refractivity contribution >= 4 is 45.7 Å². The molecular formula is C23H21FN4O4S2. The van der Waals surface area contributed by atoms with Gasteiger partial charge in [-0.2, -0.15) is 0 Å². The largest absolute Gasteiger partial charge is 0.409 e. The molecule has 0 aliphatic carbocycles.